The summed E-state index contributed by atoms with van der Waals surface area (Å²) in [6.45, 7) is 12.2. The highest BCUT2D eigenvalue weighted by Crippen LogP contribution is 2.16. The molecule has 22 heavy (non-hydrogen) atoms. The van der Waals surface area contributed by atoms with Gasteiger partial charge in [-0.25, -0.2) is 0 Å². The smallest absolute Gasteiger partial charge is 0.0584 e. The molecular weight excluding hydrogens is 268 g/mol. The van der Waals surface area contributed by atoms with Crippen LogP contribution in [-0.4, -0.2) is 11.4 Å². The lowest BCUT2D eigenvalue weighted by molar-refractivity contribution is 1.31. The van der Waals surface area contributed by atoms with E-state index in [-0.39, 0.29) is 0 Å². The Hall–Kier alpha value is -2.22. The lowest BCUT2D eigenvalue weighted by Gasteiger charge is -2.04. The number of aryl methyl sites for hydroxylation is 1. The number of hydrogen-bond acceptors (Lipinski definition) is 2. The molecule has 0 fully saturated rings. The molecule has 116 valence electrons. The maximum Gasteiger partial charge on any atom is 0.0584 e. The van der Waals surface area contributed by atoms with Gasteiger partial charge in [-0.1, -0.05) is 36.4 Å². The average Bonchev–Trinajstić information content (AvgIpc) is 2.51. The van der Waals surface area contributed by atoms with E-state index >= 15 is 0 Å². The van der Waals surface area contributed by atoms with Gasteiger partial charge in [-0.05, 0) is 63.8 Å². The Morgan fingerprint density at radius 3 is 2.18 bits per heavy atom. The Bertz CT molecular complexity index is 656. The SMILES string of the molecule is C/C=C\N=C(C)C(C)=N/C=C(C)/C(C)=C/c1ccccc1C. The lowest BCUT2D eigenvalue weighted by Crippen LogP contribution is -2.04. The highest BCUT2D eigenvalue weighted by atomic mass is 14.8. The van der Waals surface area contributed by atoms with Crippen LogP contribution < -0.4 is 0 Å². The van der Waals surface area contributed by atoms with Gasteiger partial charge in [-0.3, -0.25) is 9.98 Å². The minimum absolute atomic E-state index is 0.932. The molecule has 0 aliphatic carbocycles. The number of aliphatic imine (C=N–C) groups is 2. The van der Waals surface area contributed by atoms with Crippen molar-refractivity contribution in [3.05, 3.63) is 65.0 Å². The van der Waals surface area contributed by atoms with E-state index in [2.05, 4.69) is 61.1 Å². The van der Waals surface area contributed by atoms with E-state index in [1.165, 1.54) is 16.7 Å². The summed E-state index contributed by atoms with van der Waals surface area (Å²) < 4.78 is 0. The summed E-state index contributed by atoms with van der Waals surface area (Å²) in [4.78, 5) is 8.82. The van der Waals surface area contributed by atoms with Crippen molar-refractivity contribution in [1.29, 1.82) is 0 Å². The van der Waals surface area contributed by atoms with Crippen LogP contribution in [0.1, 0.15) is 45.7 Å². The van der Waals surface area contributed by atoms with E-state index in [1.54, 1.807) is 6.20 Å². The monoisotopic (exact) mass is 294 g/mol. The fraction of sp³-hybridized carbons (Fsp3) is 0.300. The van der Waals surface area contributed by atoms with E-state index < -0.39 is 0 Å². The molecule has 0 atom stereocenters. The Labute approximate surface area is 134 Å². The predicted octanol–water partition coefficient (Wildman–Crippen LogP) is 5.76. The Balaban J connectivity index is 2.95. The summed E-state index contributed by atoms with van der Waals surface area (Å²) in [6, 6.07) is 8.38. The zero-order valence-electron chi connectivity index (χ0n) is 14.5. The molecule has 0 amide bonds. The second-order valence-corrected chi connectivity index (χ2v) is 5.41. The summed E-state index contributed by atoms with van der Waals surface area (Å²) in [7, 11) is 0. The standard InChI is InChI=1S/C20H26N2/c1-7-12-21-18(5)19(6)22-14-17(4)16(3)13-20-11-9-8-10-15(20)2/h7-14H,1-6H3/b12-7-,16-13+,17-14+,21-18?,22-19?. The molecule has 2 heteroatoms. The maximum atomic E-state index is 4.51. The zero-order chi connectivity index (χ0) is 16.5. The molecule has 1 aromatic carbocycles. The molecular formula is C20H26N2. The second kappa shape index (κ2) is 8.93. The van der Waals surface area contributed by atoms with Gasteiger partial charge in [0.05, 0.1) is 11.4 Å². The van der Waals surface area contributed by atoms with Crippen molar-refractivity contribution in [2.45, 2.75) is 41.5 Å². The van der Waals surface area contributed by atoms with Gasteiger partial charge in [0.25, 0.3) is 0 Å². The fourth-order valence-corrected chi connectivity index (χ4v) is 1.76. The van der Waals surface area contributed by atoms with Crippen molar-refractivity contribution in [2.24, 2.45) is 9.98 Å². The summed E-state index contributed by atoms with van der Waals surface area (Å²) in [5.41, 5.74) is 6.77. The molecule has 1 aromatic rings. The van der Waals surface area contributed by atoms with Crippen molar-refractivity contribution in [2.75, 3.05) is 0 Å². The molecule has 0 saturated heterocycles. The van der Waals surface area contributed by atoms with Crippen LogP contribution in [0.5, 0.6) is 0 Å². The lowest BCUT2D eigenvalue weighted by atomic mass is 10.0. The van der Waals surface area contributed by atoms with Crippen LogP contribution in [0.25, 0.3) is 6.08 Å². The van der Waals surface area contributed by atoms with Crippen molar-refractivity contribution >= 4 is 17.5 Å². The molecule has 0 spiro atoms. The molecule has 0 bridgehead atoms. The van der Waals surface area contributed by atoms with Crippen LogP contribution in [0.15, 0.2) is 63.9 Å². The quantitative estimate of drug-likeness (QED) is 0.487. The van der Waals surface area contributed by atoms with Gasteiger partial charge in [0.2, 0.25) is 0 Å². The number of benzene rings is 1. The number of nitrogens with zero attached hydrogens (tertiary/aromatic N) is 2. The Morgan fingerprint density at radius 1 is 0.909 bits per heavy atom. The van der Waals surface area contributed by atoms with Crippen LogP contribution in [0, 0.1) is 6.92 Å². The third-order valence-corrected chi connectivity index (χ3v) is 3.58. The van der Waals surface area contributed by atoms with E-state index in [1.807, 2.05) is 33.0 Å². The largest absolute Gasteiger partial charge is 0.260 e. The molecule has 0 radical (unpaired) electrons. The molecule has 0 aliphatic heterocycles. The summed E-state index contributed by atoms with van der Waals surface area (Å²) >= 11 is 0. The normalized spacial score (nSPS) is 14.8. The van der Waals surface area contributed by atoms with E-state index in [9.17, 15) is 0 Å². The van der Waals surface area contributed by atoms with Crippen LogP contribution in [0.4, 0.5) is 0 Å². The van der Waals surface area contributed by atoms with Crippen molar-refractivity contribution < 1.29 is 0 Å². The van der Waals surface area contributed by atoms with Gasteiger partial charge in [0.1, 0.15) is 0 Å². The predicted molar refractivity (Wildman–Crippen MR) is 99.6 cm³/mol. The number of hydrogen-bond donors (Lipinski definition) is 0. The topological polar surface area (TPSA) is 24.7 Å². The van der Waals surface area contributed by atoms with Crippen LogP contribution in [0.3, 0.4) is 0 Å². The summed E-state index contributed by atoms with van der Waals surface area (Å²) in [5.74, 6) is 0. The van der Waals surface area contributed by atoms with Gasteiger partial charge in [-0.2, -0.15) is 0 Å². The fourth-order valence-electron chi connectivity index (χ4n) is 1.76. The molecule has 0 N–H and O–H groups in total. The number of allylic oxidation sites excluding steroid dienone is 3. The second-order valence-electron chi connectivity index (χ2n) is 5.41. The van der Waals surface area contributed by atoms with Gasteiger partial charge in [0.15, 0.2) is 0 Å². The first-order chi connectivity index (χ1) is 10.5. The summed E-state index contributed by atoms with van der Waals surface area (Å²) in [6.07, 6.45) is 7.81. The van der Waals surface area contributed by atoms with Crippen molar-refractivity contribution in [3.8, 4) is 0 Å². The average molecular weight is 294 g/mol. The highest BCUT2D eigenvalue weighted by Gasteiger charge is 1.98. The maximum absolute atomic E-state index is 4.51. The first-order valence-corrected chi connectivity index (χ1v) is 7.57. The third-order valence-electron chi connectivity index (χ3n) is 3.58. The zero-order valence-corrected chi connectivity index (χ0v) is 14.5. The minimum Gasteiger partial charge on any atom is -0.260 e. The third kappa shape index (κ3) is 5.65. The molecule has 1 rings (SSSR count). The number of rotatable bonds is 5. The van der Waals surface area contributed by atoms with E-state index in [4.69, 9.17) is 0 Å². The minimum atomic E-state index is 0.932. The van der Waals surface area contributed by atoms with Gasteiger partial charge >= 0.3 is 0 Å². The van der Waals surface area contributed by atoms with Gasteiger partial charge in [-0.15, -0.1) is 0 Å². The van der Waals surface area contributed by atoms with Gasteiger partial charge < -0.3 is 0 Å². The first-order valence-electron chi connectivity index (χ1n) is 7.57. The molecule has 0 saturated carbocycles. The Morgan fingerprint density at radius 2 is 1.55 bits per heavy atom. The van der Waals surface area contributed by atoms with E-state index in [0.29, 0.717) is 0 Å². The Kier molecular flexibility index (Phi) is 7.24. The molecule has 0 heterocycles. The van der Waals surface area contributed by atoms with Crippen molar-refractivity contribution in [3.63, 3.8) is 0 Å². The van der Waals surface area contributed by atoms with Crippen LogP contribution in [-0.2, 0) is 0 Å². The first kappa shape index (κ1) is 17.8. The molecule has 2 nitrogen and oxygen atoms in total. The van der Waals surface area contributed by atoms with E-state index in [0.717, 1.165) is 17.0 Å². The molecule has 0 aromatic heterocycles. The van der Waals surface area contributed by atoms with Gasteiger partial charge in [0, 0.05) is 12.4 Å². The molecule has 0 aliphatic rings. The van der Waals surface area contributed by atoms with Crippen LogP contribution >= 0.6 is 0 Å². The molecule has 0 unspecified atom stereocenters. The summed E-state index contributed by atoms with van der Waals surface area (Å²) in [5, 5.41) is 0. The van der Waals surface area contributed by atoms with Crippen LogP contribution in [0.2, 0.25) is 0 Å². The highest BCUT2D eigenvalue weighted by molar-refractivity contribution is 6.40. The van der Waals surface area contributed by atoms with Crippen molar-refractivity contribution in [1.82, 2.24) is 0 Å².